The van der Waals surface area contributed by atoms with Crippen molar-refractivity contribution in [2.24, 2.45) is 0 Å². The van der Waals surface area contributed by atoms with Crippen molar-refractivity contribution in [3.8, 4) is 11.3 Å². The minimum atomic E-state index is -0.232. The van der Waals surface area contributed by atoms with Crippen LogP contribution in [0.25, 0.3) is 11.3 Å². The number of hydrogen-bond donors (Lipinski definition) is 1. The Labute approximate surface area is 117 Å². The minimum absolute atomic E-state index is 0.218. The van der Waals surface area contributed by atoms with Gasteiger partial charge < -0.3 is 4.98 Å². The fraction of sp³-hybridized carbons (Fsp3) is 0.333. The van der Waals surface area contributed by atoms with E-state index in [1.54, 1.807) is 6.07 Å². The molecule has 1 N–H and O–H groups in total. The molecule has 2 nitrogen and oxygen atoms in total. The first-order valence-corrected chi connectivity index (χ1v) is 6.67. The molecule has 0 unspecified atom stereocenters. The van der Waals surface area contributed by atoms with E-state index < -0.39 is 0 Å². The number of halogens is 1. The molecule has 0 bridgehead atoms. The molecule has 1 heterocycles. The number of aromatic amines is 1. The van der Waals surface area contributed by atoms with Crippen LogP contribution >= 0.6 is 12.2 Å². The van der Waals surface area contributed by atoms with Crippen molar-refractivity contribution >= 4 is 12.2 Å². The van der Waals surface area contributed by atoms with Crippen molar-refractivity contribution in [1.82, 2.24) is 9.97 Å². The maximum absolute atomic E-state index is 14.2. The normalized spacial score (nSPS) is 11.1. The highest BCUT2D eigenvalue weighted by Gasteiger charge is 2.12. The standard InChI is InChI=1S/C15H17FN2S/c1-8(2)15-17-12(7-13(19)18-15)14-10(4)5-9(3)6-11(14)16/h5-8H,1-4H3,(H,17,18,19). The third kappa shape index (κ3) is 2.89. The van der Waals surface area contributed by atoms with E-state index in [2.05, 4.69) is 9.97 Å². The number of hydrogen-bond acceptors (Lipinski definition) is 2. The SMILES string of the molecule is Cc1cc(C)c(-c2cc(=S)nc(C(C)C)[nH]2)c(F)c1. The molecule has 0 atom stereocenters. The number of nitrogens with zero attached hydrogens (tertiary/aromatic N) is 1. The minimum Gasteiger partial charge on any atom is -0.343 e. The van der Waals surface area contributed by atoms with Crippen molar-refractivity contribution in [3.05, 3.63) is 45.6 Å². The Morgan fingerprint density at radius 2 is 1.89 bits per heavy atom. The second kappa shape index (κ2) is 5.21. The van der Waals surface area contributed by atoms with Gasteiger partial charge in [-0.1, -0.05) is 32.1 Å². The molecule has 2 aromatic rings. The van der Waals surface area contributed by atoms with Crippen LogP contribution in [0.4, 0.5) is 4.39 Å². The fourth-order valence-corrected chi connectivity index (χ4v) is 2.36. The van der Waals surface area contributed by atoms with Gasteiger partial charge in [-0.05, 0) is 37.1 Å². The second-order valence-corrected chi connectivity index (χ2v) is 5.53. The molecule has 0 aliphatic rings. The summed E-state index contributed by atoms with van der Waals surface area (Å²) in [6, 6.07) is 5.21. The van der Waals surface area contributed by atoms with E-state index in [1.807, 2.05) is 33.8 Å². The van der Waals surface area contributed by atoms with Crippen molar-refractivity contribution < 1.29 is 4.39 Å². The van der Waals surface area contributed by atoms with Crippen LogP contribution in [-0.2, 0) is 0 Å². The fourth-order valence-electron chi connectivity index (χ4n) is 2.14. The van der Waals surface area contributed by atoms with Crippen LogP contribution in [0.2, 0.25) is 0 Å². The van der Waals surface area contributed by atoms with Gasteiger partial charge in [0.05, 0.1) is 5.69 Å². The lowest BCUT2D eigenvalue weighted by Gasteiger charge is -2.12. The molecule has 0 aliphatic carbocycles. The topological polar surface area (TPSA) is 28.7 Å². The third-order valence-corrected chi connectivity index (χ3v) is 3.22. The van der Waals surface area contributed by atoms with E-state index in [9.17, 15) is 4.39 Å². The van der Waals surface area contributed by atoms with E-state index in [0.717, 1.165) is 17.0 Å². The van der Waals surface area contributed by atoms with Crippen LogP contribution in [0.3, 0.4) is 0 Å². The lowest BCUT2D eigenvalue weighted by molar-refractivity contribution is 0.628. The zero-order chi connectivity index (χ0) is 14.2. The molecule has 0 saturated heterocycles. The average Bonchev–Trinajstić information content (AvgIpc) is 2.26. The quantitative estimate of drug-likeness (QED) is 0.806. The van der Waals surface area contributed by atoms with Gasteiger partial charge >= 0.3 is 0 Å². The number of H-pyrrole nitrogens is 1. The van der Waals surface area contributed by atoms with Crippen molar-refractivity contribution in [3.63, 3.8) is 0 Å². The second-order valence-electron chi connectivity index (χ2n) is 5.11. The average molecular weight is 276 g/mol. The van der Waals surface area contributed by atoms with E-state index >= 15 is 0 Å². The maximum atomic E-state index is 14.2. The first-order chi connectivity index (χ1) is 8.88. The van der Waals surface area contributed by atoms with E-state index in [-0.39, 0.29) is 11.7 Å². The smallest absolute Gasteiger partial charge is 0.133 e. The summed E-state index contributed by atoms with van der Waals surface area (Å²) in [5.41, 5.74) is 3.07. The molecule has 4 heteroatoms. The van der Waals surface area contributed by atoms with Gasteiger partial charge in [0, 0.05) is 11.5 Å². The Hall–Kier alpha value is -1.55. The zero-order valence-corrected chi connectivity index (χ0v) is 12.4. The Kier molecular flexibility index (Phi) is 3.80. The molecule has 0 aliphatic heterocycles. The van der Waals surface area contributed by atoms with Crippen LogP contribution in [-0.4, -0.2) is 9.97 Å². The van der Waals surface area contributed by atoms with Crippen LogP contribution in [0, 0.1) is 24.3 Å². The largest absolute Gasteiger partial charge is 0.343 e. The highest BCUT2D eigenvalue weighted by Crippen LogP contribution is 2.27. The number of aromatic nitrogens is 2. The van der Waals surface area contributed by atoms with E-state index in [4.69, 9.17) is 12.2 Å². The highest BCUT2D eigenvalue weighted by molar-refractivity contribution is 7.71. The van der Waals surface area contributed by atoms with Crippen molar-refractivity contribution in [2.45, 2.75) is 33.6 Å². The summed E-state index contributed by atoms with van der Waals surface area (Å²) < 4.78 is 14.7. The Bertz CT molecular complexity index is 651. The first-order valence-electron chi connectivity index (χ1n) is 6.27. The van der Waals surface area contributed by atoms with Gasteiger partial charge in [0.25, 0.3) is 0 Å². The van der Waals surface area contributed by atoms with Gasteiger partial charge in [-0.3, -0.25) is 0 Å². The number of rotatable bonds is 2. The van der Waals surface area contributed by atoms with Crippen molar-refractivity contribution in [1.29, 1.82) is 0 Å². The van der Waals surface area contributed by atoms with Crippen molar-refractivity contribution in [2.75, 3.05) is 0 Å². The molecular weight excluding hydrogens is 259 g/mol. The molecule has 0 radical (unpaired) electrons. The maximum Gasteiger partial charge on any atom is 0.133 e. The van der Waals surface area contributed by atoms with E-state index in [1.165, 1.54) is 6.07 Å². The number of nitrogens with one attached hydrogen (secondary N) is 1. The summed E-state index contributed by atoms with van der Waals surface area (Å²) >= 11 is 5.17. The molecule has 0 spiro atoms. The number of benzene rings is 1. The molecule has 19 heavy (non-hydrogen) atoms. The predicted octanol–water partition coefficient (Wildman–Crippen LogP) is 4.69. The monoisotopic (exact) mass is 276 g/mol. The Morgan fingerprint density at radius 1 is 1.21 bits per heavy atom. The summed E-state index contributed by atoms with van der Waals surface area (Å²) in [6.07, 6.45) is 0. The van der Waals surface area contributed by atoms with Crippen LogP contribution in [0.5, 0.6) is 0 Å². The Balaban J connectivity index is 2.69. The lowest BCUT2D eigenvalue weighted by Crippen LogP contribution is -2.01. The first kappa shape index (κ1) is 13.9. The molecule has 2 rings (SSSR count). The Morgan fingerprint density at radius 3 is 2.47 bits per heavy atom. The molecule has 1 aromatic heterocycles. The van der Waals surface area contributed by atoms with Gasteiger partial charge in [-0.15, -0.1) is 0 Å². The summed E-state index contributed by atoms with van der Waals surface area (Å²) in [5, 5.41) is 0. The van der Waals surface area contributed by atoms with Gasteiger partial charge in [0.1, 0.15) is 16.3 Å². The van der Waals surface area contributed by atoms with Crippen LogP contribution in [0.1, 0.15) is 36.7 Å². The van der Waals surface area contributed by atoms with Gasteiger partial charge in [-0.25, -0.2) is 9.37 Å². The van der Waals surface area contributed by atoms with Gasteiger partial charge in [-0.2, -0.15) is 0 Å². The van der Waals surface area contributed by atoms with Crippen LogP contribution in [0.15, 0.2) is 18.2 Å². The highest BCUT2D eigenvalue weighted by atomic mass is 32.1. The molecule has 0 saturated carbocycles. The summed E-state index contributed by atoms with van der Waals surface area (Å²) in [5.74, 6) is 0.765. The molecule has 100 valence electrons. The van der Waals surface area contributed by atoms with E-state index in [0.29, 0.717) is 15.9 Å². The summed E-state index contributed by atoms with van der Waals surface area (Å²) in [7, 11) is 0. The van der Waals surface area contributed by atoms with Crippen LogP contribution < -0.4 is 0 Å². The predicted molar refractivity (Wildman–Crippen MR) is 78.4 cm³/mol. The zero-order valence-electron chi connectivity index (χ0n) is 11.5. The van der Waals surface area contributed by atoms with Gasteiger partial charge in [0.15, 0.2) is 0 Å². The molecule has 1 aromatic carbocycles. The summed E-state index contributed by atoms with van der Waals surface area (Å²) in [6.45, 7) is 7.83. The lowest BCUT2D eigenvalue weighted by atomic mass is 10.0. The molecule has 0 amide bonds. The summed E-state index contributed by atoms with van der Waals surface area (Å²) in [4.78, 5) is 7.46. The van der Waals surface area contributed by atoms with Gasteiger partial charge in [0.2, 0.25) is 0 Å². The third-order valence-electron chi connectivity index (χ3n) is 3.01. The molecule has 0 fully saturated rings. The molecular formula is C15H17FN2S. The number of aryl methyl sites for hydroxylation is 2.